The number of anilines is 1. The quantitative estimate of drug-likeness (QED) is 0.346. The normalized spacial score (nSPS) is 29.9. The summed E-state index contributed by atoms with van der Waals surface area (Å²) in [5, 5.41) is 2.86. The molecule has 0 bridgehead atoms. The lowest BCUT2D eigenvalue weighted by molar-refractivity contribution is -0.126. The minimum absolute atomic E-state index is 0.0129. The maximum atomic E-state index is 13.7. The van der Waals surface area contributed by atoms with Gasteiger partial charge in [-0.1, -0.05) is 84.4 Å². The van der Waals surface area contributed by atoms with E-state index in [0.29, 0.717) is 12.1 Å². The van der Waals surface area contributed by atoms with E-state index in [4.69, 9.17) is 34.8 Å². The fourth-order valence-electron chi connectivity index (χ4n) is 5.67. The SMILES string of the molecule is CCCC[C@H]1C=C2CCC[C@@H](NC(=O)C(Cl)(Cl)Cl)[C@H]2[C@H]2C(=O)N(c3ccccc3)C(=O)[C@H]21. The molecular weight excluding hydrogens is 471 g/mol. The van der Waals surface area contributed by atoms with Crippen LogP contribution >= 0.6 is 34.8 Å². The first-order valence-electron chi connectivity index (χ1n) is 11.2. The van der Waals surface area contributed by atoms with Crippen LogP contribution in [-0.4, -0.2) is 27.6 Å². The Kier molecular flexibility index (Phi) is 6.90. The van der Waals surface area contributed by atoms with Crippen molar-refractivity contribution in [2.24, 2.45) is 23.7 Å². The zero-order chi connectivity index (χ0) is 23.0. The standard InChI is InChI=1S/C24H27Cl3N2O3/c1-2-3-8-15-13-14-9-7-12-17(28-23(32)24(25,26)27)18(14)20-19(15)21(30)29(22(20)31)16-10-5-4-6-11-16/h4-6,10-11,13,15,17-20H,2-3,7-9,12H2,1H3,(H,28,32)/t15-,17+,18-,19-,20+/m0/s1. The number of para-hydroxylation sites is 1. The third-order valence-electron chi connectivity index (χ3n) is 7.00. The van der Waals surface area contributed by atoms with Crippen molar-refractivity contribution >= 4 is 58.2 Å². The number of hydrogen-bond donors (Lipinski definition) is 1. The van der Waals surface area contributed by atoms with Crippen LogP contribution in [0.4, 0.5) is 5.69 Å². The highest BCUT2D eigenvalue weighted by Crippen LogP contribution is 2.51. The van der Waals surface area contributed by atoms with Crippen LogP contribution < -0.4 is 10.2 Å². The fourth-order valence-corrected chi connectivity index (χ4v) is 5.84. The molecule has 1 saturated carbocycles. The number of alkyl halides is 3. The van der Waals surface area contributed by atoms with Gasteiger partial charge in [0.25, 0.3) is 9.70 Å². The van der Waals surface area contributed by atoms with Gasteiger partial charge < -0.3 is 5.32 Å². The molecule has 8 heteroatoms. The second kappa shape index (κ2) is 9.36. The summed E-state index contributed by atoms with van der Waals surface area (Å²) >= 11 is 17.4. The van der Waals surface area contributed by atoms with Crippen LogP contribution in [0.1, 0.15) is 45.4 Å². The summed E-state index contributed by atoms with van der Waals surface area (Å²) < 4.78 is -2.08. The number of allylic oxidation sites excluding steroid dienone is 1. The van der Waals surface area contributed by atoms with E-state index >= 15 is 0 Å². The lowest BCUT2D eigenvalue weighted by Crippen LogP contribution is -2.52. The van der Waals surface area contributed by atoms with E-state index in [1.807, 2.05) is 18.2 Å². The largest absolute Gasteiger partial charge is 0.349 e. The molecule has 1 heterocycles. The first-order valence-corrected chi connectivity index (χ1v) is 12.4. The molecule has 1 aliphatic heterocycles. The Morgan fingerprint density at radius 2 is 1.78 bits per heavy atom. The number of amides is 3. The van der Waals surface area contributed by atoms with Gasteiger partial charge in [0, 0.05) is 12.0 Å². The predicted molar refractivity (Wildman–Crippen MR) is 127 cm³/mol. The van der Waals surface area contributed by atoms with E-state index in [2.05, 4.69) is 18.3 Å². The molecule has 5 atom stereocenters. The molecule has 1 aromatic carbocycles. The maximum Gasteiger partial charge on any atom is 0.272 e. The number of nitrogens with zero attached hydrogens (tertiary/aromatic N) is 1. The van der Waals surface area contributed by atoms with Crippen molar-refractivity contribution in [1.29, 1.82) is 0 Å². The Morgan fingerprint density at radius 1 is 1.09 bits per heavy atom. The predicted octanol–water partition coefficient (Wildman–Crippen LogP) is 5.19. The Bertz CT molecular complexity index is 928. The molecular formula is C24H27Cl3N2O3. The van der Waals surface area contributed by atoms with Gasteiger partial charge in [-0.05, 0) is 43.7 Å². The Hall–Kier alpha value is -1.56. The molecule has 3 amide bonds. The first-order chi connectivity index (χ1) is 15.2. The fraction of sp³-hybridized carbons (Fsp3) is 0.542. The summed E-state index contributed by atoms with van der Waals surface area (Å²) in [5.74, 6) is -2.26. The van der Waals surface area contributed by atoms with Crippen molar-refractivity contribution in [3.05, 3.63) is 42.0 Å². The molecule has 32 heavy (non-hydrogen) atoms. The molecule has 2 fully saturated rings. The number of benzene rings is 1. The van der Waals surface area contributed by atoms with Crippen molar-refractivity contribution in [1.82, 2.24) is 5.32 Å². The number of fused-ring (bicyclic) bond motifs is 3. The molecule has 1 saturated heterocycles. The Balaban J connectivity index is 1.73. The van der Waals surface area contributed by atoms with Gasteiger partial charge in [0.1, 0.15) is 0 Å². The van der Waals surface area contributed by atoms with Gasteiger partial charge >= 0.3 is 0 Å². The summed E-state index contributed by atoms with van der Waals surface area (Å²) in [6.07, 6.45) is 7.47. The van der Waals surface area contributed by atoms with E-state index in [9.17, 15) is 14.4 Å². The molecule has 2 aliphatic carbocycles. The highest BCUT2D eigenvalue weighted by atomic mass is 35.6. The summed E-state index contributed by atoms with van der Waals surface area (Å²) in [6, 6.07) is 8.71. The van der Waals surface area contributed by atoms with Crippen LogP contribution in [0.3, 0.4) is 0 Å². The molecule has 3 aliphatic rings. The number of imide groups is 1. The topological polar surface area (TPSA) is 66.5 Å². The zero-order valence-corrected chi connectivity index (χ0v) is 20.2. The van der Waals surface area contributed by atoms with Crippen molar-refractivity contribution in [2.75, 3.05) is 4.90 Å². The summed E-state index contributed by atoms with van der Waals surface area (Å²) in [4.78, 5) is 41.1. The molecule has 172 valence electrons. The molecule has 1 N–H and O–H groups in total. The van der Waals surface area contributed by atoms with E-state index in [-0.39, 0.29) is 29.7 Å². The minimum Gasteiger partial charge on any atom is -0.349 e. The van der Waals surface area contributed by atoms with Gasteiger partial charge in [-0.25, -0.2) is 0 Å². The summed E-state index contributed by atoms with van der Waals surface area (Å²) in [7, 11) is 0. The first kappa shape index (κ1) is 23.6. The number of unbranched alkanes of at least 4 members (excludes halogenated alkanes) is 1. The lowest BCUT2D eigenvalue weighted by Gasteiger charge is -2.43. The number of carbonyl (C=O) groups is 3. The number of nitrogens with one attached hydrogen (secondary N) is 1. The molecule has 0 radical (unpaired) electrons. The number of rotatable bonds is 5. The number of hydrogen-bond acceptors (Lipinski definition) is 3. The maximum absolute atomic E-state index is 13.7. The second-order valence-corrected chi connectivity index (χ2v) is 11.2. The molecule has 4 rings (SSSR count). The molecule has 0 unspecified atom stereocenters. The van der Waals surface area contributed by atoms with E-state index in [1.165, 1.54) is 4.90 Å². The van der Waals surface area contributed by atoms with Crippen LogP contribution in [0.5, 0.6) is 0 Å². The van der Waals surface area contributed by atoms with Gasteiger partial charge in [-0.3, -0.25) is 19.3 Å². The van der Waals surface area contributed by atoms with Gasteiger partial charge in [0.05, 0.1) is 17.5 Å². The smallest absolute Gasteiger partial charge is 0.272 e. The average molecular weight is 498 g/mol. The van der Waals surface area contributed by atoms with Gasteiger partial charge in [0.2, 0.25) is 11.8 Å². The highest BCUT2D eigenvalue weighted by molar-refractivity contribution is 6.76. The molecule has 0 spiro atoms. The Morgan fingerprint density at radius 3 is 2.44 bits per heavy atom. The Labute approximate surface area is 203 Å². The third-order valence-corrected chi connectivity index (χ3v) is 7.51. The van der Waals surface area contributed by atoms with Crippen molar-refractivity contribution in [2.45, 2.75) is 55.3 Å². The van der Waals surface area contributed by atoms with Crippen LogP contribution in [0.2, 0.25) is 0 Å². The monoisotopic (exact) mass is 496 g/mol. The van der Waals surface area contributed by atoms with Gasteiger partial charge in [-0.2, -0.15) is 0 Å². The average Bonchev–Trinajstić information content (AvgIpc) is 3.02. The number of carbonyl (C=O) groups excluding carboxylic acids is 3. The van der Waals surface area contributed by atoms with E-state index in [0.717, 1.165) is 37.7 Å². The molecule has 5 nitrogen and oxygen atoms in total. The van der Waals surface area contributed by atoms with Crippen molar-refractivity contribution in [3.63, 3.8) is 0 Å². The van der Waals surface area contributed by atoms with Crippen LogP contribution in [0.15, 0.2) is 42.0 Å². The van der Waals surface area contributed by atoms with E-state index in [1.54, 1.807) is 12.1 Å². The summed E-state index contributed by atoms with van der Waals surface area (Å²) in [6.45, 7) is 2.12. The van der Waals surface area contributed by atoms with Crippen molar-refractivity contribution in [3.8, 4) is 0 Å². The van der Waals surface area contributed by atoms with Crippen LogP contribution in [0.25, 0.3) is 0 Å². The summed E-state index contributed by atoms with van der Waals surface area (Å²) in [5.41, 5.74) is 1.73. The third kappa shape index (κ3) is 4.32. The lowest BCUT2D eigenvalue weighted by atomic mass is 9.61. The van der Waals surface area contributed by atoms with E-state index < -0.39 is 21.5 Å². The van der Waals surface area contributed by atoms with Gasteiger partial charge in [0.15, 0.2) is 0 Å². The minimum atomic E-state index is -2.08. The zero-order valence-electron chi connectivity index (χ0n) is 17.9. The second-order valence-electron chi connectivity index (χ2n) is 8.94. The molecule has 1 aromatic rings. The molecule has 0 aromatic heterocycles. The number of halogens is 3. The van der Waals surface area contributed by atoms with Crippen LogP contribution in [-0.2, 0) is 14.4 Å². The van der Waals surface area contributed by atoms with Crippen LogP contribution in [0, 0.1) is 23.7 Å². The van der Waals surface area contributed by atoms with Crippen molar-refractivity contribution < 1.29 is 14.4 Å². The highest BCUT2D eigenvalue weighted by Gasteiger charge is 2.58. The van der Waals surface area contributed by atoms with Gasteiger partial charge in [-0.15, -0.1) is 0 Å².